The number of hydrogen-bond acceptors (Lipinski definition) is 4. The molecule has 0 aliphatic heterocycles. The summed E-state index contributed by atoms with van der Waals surface area (Å²) in [7, 11) is -2.36. The number of hydrogen-bond donors (Lipinski definition) is 2. The summed E-state index contributed by atoms with van der Waals surface area (Å²) in [6.45, 7) is 5.41. The molecule has 0 radical (unpaired) electrons. The van der Waals surface area contributed by atoms with Gasteiger partial charge in [0.05, 0.1) is 0 Å². The van der Waals surface area contributed by atoms with Crippen LogP contribution in [0, 0.1) is 5.41 Å². The number of anilines is 1. The molecule has 102 valence electrons. The Balaban J connectivity index is 3.10. The molecule has 0 unspecified atom stereocenters. The van der Waals surface area contributed by atoms with Crippen LogP contribution in [-0.2, 0) is 21.9 Å². The van der Waals surface area contributed by atoms with Crippen molar-refractivity contribution in [2.24, 2.45) is 17.6 Å². The number of carbonyl (C=O) groups is 1. The predicted molar refractivity (Wildman–Crippen MR) is 67.3 cm³/mol. The summed E-state index contributed by atoms with van der Waals surface area (Å²) in [6, 6.07) is 0. The van der Waals surface area contributed by atoms with E-state index in [4.69, 9.17) is 5.14 Å². The first-order chi connectivity index (χ1) is 8.08. The normalized spacial score (nSPS) is 12.5. The number of nitrogens with zero attached hydrogens (tertiary/aromatic N) is 2. The number of sulfonamides is 1. The molecule has 1 amide bonds. The Kier molecular flexibility index (Phi) is 3.82. The van der Waals surface area contributed by atoms with Gasteiger partial charge in [0.25, 0.3) is 0 Å². The Hall–Kier alpha value is -1.41. The van der Waals surface area contributed by atoms with Crippen molar-refractivity contribution in [3.63, 3.8) is 0 Å². The lowest BCUT2D eigenvalue weighted by Crippen LogP contribution is -2.31. The van der Waals surface area contributed by atoms with Gasteiger partial charge in [-0.1, -0.05) is 20.8 Å². The maximum atomic E-state index is 12.0. The molecular weight excluding hydrogens is 256 g/mol. The number of primary sulfonamides is 1. The SMILES string of the molecule is CCC(C)(C)C(=O)Nc1nn(C)cc1S(N)(=O)=O. The number of nitrogens with two attached hydrogens (primary N) is 1. The fourth-order valence-corrected chi connectivity index (χ4v) is 1.86. The lowest BCUT2D eigenvalue weighted by molar-refractivity contribution is -0.124. The van der Waals surface area contributed by atoms with Crippen molar-refractivity contribution in [2.45, 2.75) is 32.1 Å². The number of rotatable bonds is 4. The molecule has 0 saturated carbocycles. The van der Waals surface area contributed by atoms with Gasteiger partial charge in [-0.2, -0.15) is 5.10 Å². The molecular formula is C10H18N4O3S. The van der Waals surface area contributed by atoms with E-state index in [1.54, 1.807) is 20.9 Å². The molecule has 18 heavy (non-hydrogen) atoms. The van der Waals surface area contributed by atoms with Crippen molar-refractivity contribution in [3.8, 4) is 0 Å². The molecule has 8 heteroatoms. The second-order valence-electron chi connectivity index (χ2n) is 4.75. The van der Waals surface area contributed by atoms with Crippen LogP contribution in [0.1, 0.15) is 27.2 Å². The highest BCUT2D eigenvalue weighted by molar-refractivity contribution is 7.89. The number of nitrogens with one attached hydrogen (secondary N) is 1. The highest BCUT2D eigenvalue weighted by Crippen LogP contribution is 2.24. The van der Waals surface area contributed by atoms with Gasteiger partial charge in [-0.05, 0) is 6.42 Å². The summed E-state index contributed by atoms with van der Waals surface area (Å²) in [6.07, 6.45) is 1.88. The largest absolute Gasteiger partial charge is 0.308 e. The number of amides is 1. The molecule has 0 aliphatic rings. The third-order valence-corrected chi connectivity index (χ3v) is 3.74. The summed E-state index contributed by atoms with van der Waals surface area (Å²) in [5.74, 6) is -0.333. The molecule has 1 heterocycles. The molecule has 0 bridgehead atoms. The van der Waals surface area contributed by atoms with Crippen molar-refractivity contribution in [1.82, 2.24) is 9.78 Å². The molecule has 7 nitrogen and oxygen atoms in total. The first-order valence-electron chi connectivity index (χ1n) is 5.46. The van der Waals surface area contributed by atoms with Crippen LogP contribution in [0.3, 0.4) is 0 Å². The lowest BCUT2D eigenvalue weighted by atomic mass is 9.89. The van der Waals surface area contributed by atoms with Crippen molar-refractivity contribution in [3.05, 3.63) is 6.20 Å². The first-order valence-corrected chi connectivity index (χ1v) is 7.00. The lowest BCUT2D eigenvalue weighted by Gasteiger charge is -2.20. The fourth-order valence-electron chi connectivity index (χ4n) is 1.20. The van der Waals surface area contributed by atoms with Crippen molar-refractivity contribution in [2.75, 3.05) is 5.32 Å². The molecule has 0 atom stereocenters. The minimum atomic E-state index is -3.91. The van der Waals surface area contributed by atoms with E-state index in [1.165, 1.54) is 10.9 Å². The average Bonchev–Trinajstić information content (AvgIpc) is 2.59. The van der Waals surface area contributed by atoms with Crippen LogP contribution >= 0.6 is 0 Å². The van der Waals surface area contributed by atoms with Gasteiger partial charge in [-0.15, -0.1) is 0 Å². The number of carbonyl (C=O) groups excluding carboxylic acids is 1. The first kappa shape index (κ1) is 14.7. The topological polar surface area (TPSA) is 107 Å². The molecule has 0 spiro atoms. The van der Waals surface area contributed by atoms with Crippen molar-refractivity contribution in [1.29, 1.82) is 0 Å². The minimum Gasteiger partial charge on any atom is -0.308 e. The Morgan fingerprint density at radius 1 is 1.56 bits per heavy atom. The van der Waals surface area contributed by atoms with E-state index in [9.17, 15) is 13.2 Å². The Morgan fingerprint density at radius 2 is 2.11 bits per heavy atom. The highest BCUT2D eigenvalue weighted by Gasteiger charge is 2.28. The minimum absolute atomic E-state index is 0.0356. The van der Waals surface area contributed by atoms with Crippen LogP contribution in [0.2, 0.25) is 0 Å². The second kappa shape index (κ2) is 4.69. The van der Waals surface area contributed by atoms with Gasteiger partial charge in [-0.25, -0.2) is 13.6 Å². The summed E-state index contributed by atoms with van der Waals surface area (Å²) >= 11 is 0. The maximum absolute atomic E-state index is 12.0. The Bertz CT molecular complexity index is 560. The fraction of sp³-hybridized carbons (Fsp3) is 0.600. The van der Waals surface area contributed by atoms with Crippen molar-refractivity contribution >= 4 is 21.7 Å². The molecule has 0 aliphatic carbocycles. The van der Waals surface area contributed by atoms with Crippen LogP contribution < -0.4 is 10.5 Å². The summed E-state index contributed by atoms with van der Waals surface area (Å²) in [5, 5.41) is 11.4. The van der Waals surface area contributed by atoms with E-state index < -0.39 is 15.4 Å². The van der Waals surface area contributed by atoms with Gasteiger partial charge in [0.2, 0.25) is 15.9 Å². The smallest absolute Gasteiger partial charge is 0.243 e. The third kappa shape index (κ3) is 3.08. The van der Waals surface area contributed by atoms with Crippen LogP contribution in [0.25, 0.3) is 0 Å². The van der Waals surface area contributed by atoms with E-state index in [1.807, 2.05) is 6.92 Å². The van der Waals surface area contributed by atoms with Gasteiger partial charge in [0.1, 0.15) is 4.90 Å². The van der Waals surface area contributed by atoms with E-state index >= 15 is 0 Å². The summed E-state index contributed by atoms with van der Waals surface area (Å²) in [5.41, 5.74) is -0.604. The van der Waals surface area contributed by atoms with Gasteiger partial charge < -0.3 is 5.32 Å². The molecule has 1 rings (SSSR count). The van der Waals surface area contributed by atoms with E-state index in [0.717, 1.165) is 0 Å². The van der Waals surface area contributed by atoms with E-state index in [2.05, 4.69) is 10.4 Å². The zero-order chi connectivity index (χ0) is 14.1. The quantitative estimate of drug-likeness (QED) is 0.830. The molecule has 1 aromatic heterocycles. The van der Waals surface area contributed by atoms with E-state index in [-0.39, 0.29) is 16.6 Å². The zero-order valence-corrected chi connectivity index (χ0v) is 11.7. The van der Waals surface area contributed by atoms with Gasteiger partial charge in [0.15, 0.2) is 5.82 Å². The second-order valence-corrected chi connectivity index (χ2v) is 6.28. The molecule has 0 aromatic carbocycles. The Morgan fingerprint density at radius 3 is 2.56 bits per heavy atom. The van der Waals surface area contributed by atoms with Gasteiger partial charge >= 0.3 is 0 Å². The average molecular weight is 274 g/mol. The number of aromatic nitrogens is 2. The van der Waals surface area contributed by atoms with Crippen molar-refractivity contribution < 1.29 is 13.2 Å². The molecule has 1 aromatic rings. The maximum Gasteiger partial charge on any atom is 0.243 e. The van der Waals surface area contributed by atoms with Crippen LogP contribution in [-0.4, -0.2) is 24.1 Å². The molecule has 0 fully saturated rings. The summed E-state index contributed by atoms with van der Waals surface area (Å²) < 4.78 is 24.0. The van der Waals surface area contributed by atoms with Gasteiger partial charge in [-0.3, -0.25) is 9.48 Å². The third-order valence-electron chi connectivity index (χ3n) is 2.83. The molecule has 0 saturated heterocycles. The van der Waals surface area contributed by atoms with Crippen LogP contribution in [0.5, 0.6) is 0 Å². The van der Waals surface area contributed by atoms with Gasteiger partial charge in [0, 0.05) is 18.7 Å². The zero-order valence-electron chi connectivity index (χ0n) is 10.9. The predicted octanol–water partition coefficient (Wildman–Crippen LogP) is 0.442. The summed E-state index contributed by atoms with van der Waals surface area (Å²) in [4.78, 5) is 11.8. The monoisotopic (exact) mass is 274 g/mol. The van der Waals surface area contributed by atoms with Crippen LogP contribution in [0.4, 0.5) is 5.82 Å². The standard InChI is InChI=1S/C10H18N4O3S/c1-5-10(2,3)9(15)12-8-7(18(11,16)17)6-14(4)13-8/h6H,5H2,1-4H3,(H2,11,16,17)(H,12,13,15). The molecule has 3 N–H and O–H groups in total. The van der Waals surface area contributed by atoms with Crippen LogP contribution in [0.15, 0.2) is 11.1 Å². The number of aryl methyl sites for hydroxylation is 1. The van der Waals surface area contributed by atoms with E-state index in [0.29, 0.717) is 6.42 Å². The Labute approximate surface area is 106 Å². The highest BCUT2D eigenvalue weighted by atomic mass is 32.2.